The van der Waals surface area contributed by atoms with Gasteiger partial charge in [-0.2, -0.15) is 4.98 Å². The molecule has 2 N–H and O–H groups in total. The van der Waals surface area contributed by atoms with Crippen LogP contribution in [0.4, 0.5) is 38.9 Å². The molecule has 43 heavy (non-hydrogen) atoms. The predicted octanol–water partition coefficient (Wildman–Crippen LogP) is 4.57. The summed E-state index contributed by atoms with van der Waals surface area (Å²) in [5.74, 6) is 1.07. The van der Waals surface area contributed by atoms with E-state index in [0.29, 0.717) is 41.1 Å². The Kier molecular flexibility index (Phi) is 9.32. The Labute approximate surface area is 259 Å². The van der Waals surface area contributed by atoms with E-state index in [9.17, 15) is 8.42 Å². The number of fused-ring (bicyclic) bond motifs is 7. The minimum Gasteiger partial charge on any atom is -0.494 e. The van der Waals surface area contributed by atoms with Gasteiger partial charge in [-0.25, -0.2) is 17.8 Å². The molecular formula is C28H35BrFN7O5S. The first-order valence-corrected chi connectivity index (χ1v) is 16.4. The second-order valence-electron chi connectivity index (χ2n) is 10.4. The number of benzene rings is 2. The molecule has 12 nitrogen and oxygen atoms in total. The van der Waals surface area contributed by atoms with Crippen LogP contribution in [0.15, 0.2) is 34.9 Å². The summed E-state index contributed by atoms with van der Waals surface area (Å²) in [7, 11) is 1.41. The zero-order valence-electron chi connectivity index (χ0n) is 24.5. The van der Waals surface area contributed by atoms with Gasteiger partial charge in [0.15, 0.2) is 11.6 Å². The largest absolute Gasteiger partial charge is 0.494 e. The van der Waals surface area contributed by atoms with Crippen molar-refractivity contribution in [1.29, 1.82) is 0 Å². The second-order valence-corrected chi connectivity index (χ2v) is 13.3. The lowest BCUT2D eigenvalue weighted by molar-refractivity contribution is 0.259. The first kappa shape index (κ1) is 30.9. The lowest BCUT2D eigenvalue weighted by atomic mass is 10.2. The first-order chi connectivity index (χ1) is 20.5. The van der Waals surface area contributed by atoms with Gasteiger partial charge in [-0.1, -0.05) is 0 Å². The molecule has 0 unspecified atom stereocenters. The van der Waals surface area contributed by atoms with Crippen LogP contribution in [-0.2, 0) is 10.0 Å². The van der Waals surface area contributed by atoms with E-state index < -0.39 is 15.8 Å². The van der Waals surface area contributed by atoms with Crippen LogP contribution < -0.4 is 34.0 Å². The van der Waals surface area contributed by atoms with Crippen molar-refractivity contribution < 1.29 is 27.0 Å². The average molecular weight is 681 g/mol. The van der Waals surface area contributed by atoms with Crippen LogP contribution in [0.3, 0.4) is 0 Å². The Morgan fingerprint density at radius 1 is 1.02 bits per heavy atom. The van der Waals surface area contributed by atoms with Crippen molar-refractivity contribution in [3.8, 4) is 17.2 Å². The molecule has 0 aliphatic carbocycles. The highest BCUT2D eigenvalue weighted by molar-refractivity contribution is 9.10. The summed E-state index contributed by atoms with van der Waals surface area (Å²) in [6, 6.07) is 6.40. The number of ether oxygens (including phenoxy) is 3. The van der Waals surface area contributed by atoms with Crippen molar-refractivity contribution in [1.82, 2.24) is 14.9 Å². The highest BCUT2D eigenvalue weighted by atomic mass is 79.9. The molecule has 3 aliphatic rings. The van der Waals surface area contributed by atoms with Gasteiger partial charge in [0, 0.05) is 63.7 Å². The number of nitrogens with zero attached hydrogens (tertiary/aromatic N) is 5. The van der Waals surface area contributed by atoms with E-state index in [0.717, 1.165) is 42.4 Å². The molecule has 1 saturated heterocycles. The van der Waals surface area contributed by atoms with Gasteiger partial charge in [-0.05, 0) is 35.8 Å². The molecule has 1 aromatic heterocycles. The van der Waals surface area contributed by atoms with E-state index in [1.165, 1.54) is 25.4 Å². The van der Waals surface area contributed by atoms with Crippen LogP contribution in [0.25, 0.3) is 0 Å². The molecule has 0 atom stereocenters. The standard InChI is InChI=1S/C28H35BrFN7O5S/c1-35-7-9-37(10-8-35)23-16-25(40-3)21-14-26(23)42-12-6-5-11-41-24-15-22(36(2)43(4,38)39)20(13-19(24)30)32-27-18(29)17-31-28(33-21)34-27/h13-17H,5-12H2,1-4H3,(H2,31,32,33,34). The van der Waals surface area contributed by atoms with Crippen LogP contribution in [-0.4, -0.2) is 90.1 Å². The fourth-order valence-corrected chi connectivity index (χ4v) is 5.55. The number of hydrogen-bond acceptors (Lipinski definition) is 11. The molecule has 6 rings (SSSR count). The Morgan fingerprint density at radius 3 is 2.40 bits per heavy atom. The van der Waals surface area contributed by atoms with Crippen molar-refractivity contribution in [3.63, 3.8) is 0 Å². The van der Waals surface area contributed by atoms with E-state index in [1.807, 2.05) is 12.1 Å². The number of anilines is 6. The van der Waals surface area contributed by atoms with Gasteiger partial charge in [-0.3, -0.25) is 4.31 Å². The molecule has 6 bridgehead atoms. The fourth-order valence-electron chi connectivity index (χ4n) is 4.75. The highest BCUT2D eigenvalue weighted by Crippen LogP contribution is 2.41. The Hall–Kier alpha value is -3.56. The minimum atomic E-state index is -3.68. The summed E-state index contributed by atoms with van der Waals surface area (Å²) in [5, 5.41) is 6.28. The topological polar surface area (TPSA) is 121 Å². The monoisotopic (exact) mass is 679 g/mol. The summed E-state index contributed by atoms with van der Waals surface area (Å²) in [4.78, 5) is 13.5. The van der Waals surface area contributed by atoms with E-state index in [2.05, 4.69) is 53.4 Å². The molecule has 232 valence electrons. The van der Waals surface area contributed by atoms with Gasteiger partial charge in [0.25, 0.3) is 0 Å². The van der Waals surface area contributed by atoms with Gasteiger partial charge in [0.2, 0.25) is 16.0 Å². The zero-order chi connectivity index (χ0) is 30.7. The molecule has 3 aliphatic heterocycles. The minimum absolute atomic E-state index is 0.0562. The number of rotatable bonds is 4. The predicted molar refractivity (Wildman–Crippen MR) is 169 cm³/mol. The number of aromatic nitrogens is 2. The number of nitrogens with one attached hydrogen (secondary N) is 2. The number of halogens is 2. The van der Waals surface area contributed by atoms with Crippen molar-refractivity contribution in [2.45, 2.75) is 12.8 Å². The molecular weight excluding hydrogens is 645 g/mol. The van der Waals surface area contributed by atoms with E-state index >= 15 is 4.39 Å². The Balaban J connectivity index is 1.57. The summed E-state index contributed by atoms with van der Waals surface area (Å²) >= 11 is 3.44. The van der Waals surface area contributed by atoms with E-state index in [4.69, 9.17) is 14.2 Å². The SMILES string of the molecule is COc1cc(N2CCN(C)CC2)c2cc1Nc1ncc(Br)c(n1)Nc1cc(F)c(cc1N(C)S(C)(=O)=O)OCCCCO2. The number of likely N-dealkylation sites (N-methyl/N-ethyl adjacent to an activating group) is 1. The van der Waals surface area contributed by atoms with Gasteiger partial charge >= 0.3 is 0 Å². The third-order valence-corrected chi connectivity index (χ3v) is 9.08. The highest BCUT2D eigenvalue weighted by Gasteiger charge is 2.23. The molecule has 0 saturated carbocycles. The number of methoxy groups -OCH3 is 1. The van der Waals surface area contributed by atoms with Gasteiger partial charge in [0.05, 0.1) is 53.8 Å². The second kappa shape index (κ2) is 13.0. The third-order valence-electron chi connectivity index (χ3n) is 7.31. The summed E-state index contributed by atoms with van der Waals surface area (Å²) in [6.07, 6.45) is 3.84. The average Bonchev–Trinajstić information content (AvgIpc) is 2.97. The lowest BCUT2D eigenvalue weighted by Crippen LogP contribution is -2.44. The molecule has 3 aromatic rings. The van der Waals surface area contributed by atoms with Crippen molar-refractivity contribution in [2.24, 2.45) is 0 Å². The smallest absolute Gasteiger partial charge is 0.232 e. The normalized spacial score (nSPS) is 16.2. The lowest BCUT2D eigenvalue weighted by Gasteiger charge is -2.35. The first-order valence-electron chi connectivity index (χ1n) is 13.8. The van der Waals surface area contributed by atoms with Crippen LogP contribution in [0, 0.1) is 5.82 Å². The maximum atomic E-state index is 15.2. The molecule has 0 spiro atoms. The zero-order valence-corrected chi connectivity index (χ0v) is 26.9. The van der Waals surface area contributed by atoms with Crippen LogP contribution >= 0.6 is 15.9 Å². The number of sulfonamides is 1. The van der Waals surface area contributed by atoms with Crippen molar-refractivity contribution >= 4 is 60.5 Å². The van der Waals surface area contributed by atoms with Crippen LogP contribution in [0.2, 0.25) is 0 Å². The van der Waals surface area contributed by atoms with Gasteiger partial charge in [-0.15, -0.1) is 0 Å². The summed E-state index contributed by atoms with van der Waals surface area (Å²) in [5.41, 5.74) is 1.90. The van der Waals surface area contributed by atoms with Crippen LogP contribution in [0.5, 0.6) is 17.2 Å². The number of piperazine rings is 1. The molecule has 1 fully saturated rings. The summed E-state index contributed by atoms with van der Waals surface area (Å²) < 4.78 is 59.4. The van der Waals surface area contributed by atoms with E-state index in [-0.39, 0.29) is 35.5 Å². The number of hydrogen-bond donors (Lipinski definition) is 2. The molecule has 4 heterocycles. The van der Waals surface area contributed by atoms with Crippen molar-refractivity contribution in [2.75, 3.05) is 86.7 Å². The molecule has 15 heteroatoms. The third kappa shape index (κ3) is 7.16. The van der Waals surface area contributed by atoms with Gasteiger partial charge < -0.3 is 34.6 Å². The maximum Gasteiger partial charge on any atom is 0.232 e. The van der Waals surface area contributed by atoms with E-state index in [1.54, 1.807) is 7.11 Å². The Bertz CT molecular complexity index is 1590. The quantitative estimate of drug-likeness (QED) is 0.403. The maximum absolute atomic E-state index is 15.2. The molecule has 0 radical (unpaired) electrons. The fraction of sp³-hybridized carbons (Fsp3) is 0.429. The van der Waals surface area contributed by atoms with Crippen molar-refractivity contribution in [3.05, 3.63) is 40.8 Å². The Morgan fingerprint density at radius 2 is 1.72 bits per heavy atom. The molecule has 2 aromatic carbocycles. The van der Waals surface area contributed by atoms with Gasteiger partial charge in [0.1, 0.15) is 17.3 Å². The molecule has 0 amide bonds. The van der Waals surface area contributed by atoms with Crippen LogP contribution in [0.1, 0.15) is 12.8 Å². The summed E-state index contributed by atoms with van der Waals surface area (Å²) in [6.45, 7) is 4.18.